The minimum Gasteiger partial charge on any atom is -0.329 e. The number of hydrogen-bond donors (Lipinski definition) is 1. The lowest BCUT2D eigenvalue weighted by Gasteiger charge is -2.04. The third kappa shape index (κ3) is 2.90. The maximum atomic E-state index is 11.2. The van der Waals surface area contributed by atoms with Gasteiger partial charge in [0.1, 0.15) is 5.82 Å². The highest BCUT2D eigenvalue weighted by atomic mass is 35.5. The Morgan fingerprint density at radius 2 is 2.17 bits per heavy atom. The summed E-state index contributed by atoms with van der Waals surface area (Å²) in [5.74, 6) is 0.582. The van der Waals surface area contributed by atoms with Crippen molar-refractivity contribution in [2.45, 2.75) is 18.5 Å². The van der Waals surface area contributed by atoms with Gasteiger partial charge in [-0.3, -0.25) is 0 Å². The molecule has 0 aliphatic carbocycles. The van der Waals surface area contributed by atoms with Crippen LogP contribution in [-0.2, 0) is 16.6 Å². The molecule has 0 saturated heterocycles. The van der Waals surface area contributed by atoms with E-state index in [1.165, 1.54) is 6.20 Å². The van der Waals surface area contributed by atoms with Crippen LogP contribution in [0.3, 0.4) is 0 Å². The lowest BCUT2D eigenvalue weighted by Crippen LogP contribution is -2.12. The number of imidazole rings is 1. The molecule has 1 aromatic carbocycles. The Labute approximate surface area is 110 Å². The molecule has 0 bridgehead atoms. The molecule has 96 valence electrons. The zero-order valence-corrected chi connectivity index (χ0v) is 11.2. The Bertz CT molecular complexity index is 679. The van der Waals surface area contributed by atoms with Gasteiger partial charge in [-0.15, -0.1) is 0 Å². The van der Waals surface area contributed by atoms with Crippen LogP contribution in [0.15, 0.2) is 35.5 Å². The van der Waals surface area contributed by atoms with Crippen molar-refractivity contribution in [3.63, 3.8) is 0 Å². The molecule has 0 fully saturated rings. The summed E-state index contributed by atoms with van der Waals surface area (Å²) in [6.07, 6.45) is 1.42. The molecule has 7 heteroatoms. The van der Waals surface area contributed by atoms with E-state index in [4.69, 9.17) is 16.7 Å². The molecule has 0 amide bonds. The minimum absolute atomic E-state index is 0.123. The van der Waals surface area contributed by atoms with E-state index in [1.807, 2.05) is 18.2 Å². The number of primary sulfonamides is 1. The molecule has 0 atom stereocenters. The Morgan fingerprint density at radius 3 is 2.72 bits per heavy atom. The summed E-state index contributed by atoms with van der Waals surface area (Å²) in [6.45, 7) is 2.22. The SMILES string of the molecule is Cc1nc(S(N)(=O)=O)cn1Cc1cccc(Cl)c1. The number of benzene rings is 1. The second-order valence-electron chi connectivity index (χ2n) is 3.93. The van der Waals surface area contributed by atoms with Crippen LogP contribution in [0.1, 0.15) is 11.4 Å². The molecule has 2 rings (SSSR count). The van der Waals surface area contributed by atoms with Gasteiger partial charge in [-0.05, 0) is 24.6 Å². The average Bonchev–Trinajstić information content (AvgIpc) is 2.60. The predicted octanol–water partition coefficient (Wildman–Crippen LogP) is 1.54. The van der Waals surface area contributed by atoms with Crippen molar-refractivity contribution < 1.29 is 8.42 Å². The number of hydrogen-bond acceptors (Lipinski definition) is 3. The molecule has 0 unspecified atom stereocenters. The summed E-state index contributed by atoms with van der Waals surface area (Å²) in [6, 6.07) is 7.34. The van der Waals surface area contributed by atoms with E-state index in [9.17, 15) is 8.42 Å². The van der Waals surface area contributed by atoms with Crippen LogP contribution >= 0.6 is 11.6 Å². The monoisotopic (exact) mass is 285 g/mol. The molecule has 1 heterocycles. The van der Waals surface area contributed by atoms with Crippen LogP contribution in [0.4, 0.5) is 0 Å². The highest BCUT2D eigenvalue weighted by Crippen LogP contribution is 2.14. The first kappa shape index (κ1) is 13.1. The Balaban J connectivity index is 2.33. The number of nitrogens with two attached hydrogens (primary N) is 1. The van der Waals surface area contributed by atoms with Crippen molar-refractivity contribution in [2.75, 3.05) is 0 Å². The summed E-state index contributed by atoms with van der Waals surface area (Å²) in [4.78, 5) is 3.92. The number of halogens is 1. The van der Waals surface area contributed by atoms with E-state index < -0.39 is 10.0 Å². The second-order valence-corrected chi connectivity index (χ2v) is 5.87. The number of aryl methyl sites for hydroxylation is 1. The van der Waals surface area contributed by atoms with Crippen molar-refractivity contribution in [1.29, 1.82) is 0 Å². The molecule has 18 heavy (non-hydrogen) atoms. The molecule has 0 aliphatic heterocycles. The quantitative estimate of drug-likeness (QED) is 0.929. The second kappa shape index (κ2) is 4.72. The van der Waals surface area contributed by atoms with Crippen LogP contribution < -0.4 is 5.14 Å². The zero-order valence-electron chi connectivity index (χ0n) is 9.67. The number of rotatable bonds is 3. The maximum absolute atomic E-state index is 11.2. The van der Waals surface area contributed by atoms with Gasteiger partial charge in [-0.25, -0.2) is 18.5 Å². The molecule has 0 aliphatic rings. The normalized spacial score (nSPS) is 11.7. The van der Waals surface area contributed by atoms with Gasteiger partial charge in [0, 0.05) is 17.8 Å². The molecule has 1 aromatic heterocycles. The fourth-order valence-electron chi connectivity index (χ4n) is 1.61. The number of nitrogens with zero attached hydrogens (tertiary/aromatic N) is 2. The van der Waals surface area contributed by atoms with Crippen LogP contribution in [0.5, 0.6) is 0 Å². The lowest BCUT2D eigenvalue weighted by atomic mass is 10.2. The van der Waals surface area contributed by atoms with Gasteiger partial charge in [-0.2, -0.15) is 0 Å². The predicted molar refractivity (Wildman–Crippen MR) is 68.9 cm³/mol. The summed E-state index contributed by atoms with van der Waals surface area (Å²) in [5.41, 5.74) is 0.962. The highest BCUT2D eigenvalue weighted by Gasteiger charge is 2.14. The van der Waals surface area contributed by atoms with E-state index >= 15 is 0 Å². The van der Waals surface area contributed by atoms with Gasteiger partial charge in [0.25, 0.3) is 10.0 Å². The fraction of sp³-hybridized carbons (Fsp3) is 0.182. The molecule has 0 spiro atoms. The average molecular weight is 286 g/mol. The van der Waals surface area contributed by atoms with Gasteiger partial charge in [-0.1, -0.05) is 23.7 Å². The number of sulfonamides is 1. The van der Waals surface area contributed by atoms with Gasteiger partial charge in [0.05, 0.1) is 0 Å². The topological polar surface area (TPSA) is 78.0 Å². The Hall–Kier alpha value is -1.37. The number of aromatic nitrogens is 2. The van der Waals surface area contributed by atoms with Crippen molar-refractivity contribution in [2.24, 2.45) is 5.14 Å². The first-order valence-electron chi connectivity index (χ1n) is 5.17. The standard InChI is InChI=1S/C11H12ClN3O2S/c1-8-14-11(18(13,16)17)7-15(8)6-9-3-2-4-10(12)5-9/h2-5,7H,6H2,1H3,(H2,13,16,17). The molecule has 0 saturated carbocycles. The van der Waals surface area contributed by atoms with E-state index in [-0.39, 0.29) is 5.03 Å². The maximum Gasteiger partial charge on any atom is 0.257 e. The van der Waals surface area contributed by atoms with Crippen LogP contribution in [0, 0.1) is 6.92 Å². The molecular weight excluding hydrogens is 274 g/mol. The van der Waals surface area contributed by atoms with E-state index in [2.05, 4.69) is 4.98 Å². The highest BCUT2D eigenvalue weighted by molar-refractivity contribution is 7.89. The van der Waals surface area contributed by atoms with E-state index in [0.717, 1.165) is 5.56 Å². The van der Waals surface area contributed by atoms with Crippen LogP contribution in [0.2, 0.25) is 5.02 Å². The minimum atomic E-state index is -3.76. The Morgan fingerprint density at radius 1 is 1.44 bits per heavy atom. The summed E-state index contributed by atoms with van der Waals surface area (Å²) < 4.78 is 24.1. The lowest BCUT2D eigenvalue weighted by molar-refractivity contribution is 0.594. The summed E-state index contributed by atoms with van der Waals surface area (Å²) in [5, 5.41) is 5.54. The summed E-state index contributed by atoms with van der Waals surface area (Å²) >= 11 is 5.89. The van der Waals surface area contributed by atoms with Crippen molar-refractivity contribution in [3.8, 4) is 0 Å². The molecule has 0 radical (unpaired) electrons. The Kier molecular flexibility index (Phi) is 3.43. The van der Waals surface area contributed by atoms with E-state index in [1.54, 1.807) is 17.6 Å². The van der Waals surface area contributed by atoms with Gasteiger partial charge in [0.15, 0.2) is 5.03 Å². The zero-order chi connectivity index (χ0) is 13.3. The van der Waals surface area contributed by atoms with Crippen molar-refractivity contribution in [1.82, 2.24) is 9.55 Å². The summed E-state index contributed by atoms with van der Waals surface area (Å²) in [7, 11) is -3.76. The molecule has 5 nitrogen and oxygen atoms in total. The third-order valence-corrected chi connectivity index (χ3v) is 3.50. The first-order chi connectivity index (χ1) is 8.36. The van der Waals surface area contributed by atoms with Crippen LogP contribution in [0.25, 0.3) is 0 Å². The van der Waals surface area contributed by atoms with Crippen LogP contribution in [-0.4, -0.2) is 18.0 Å². The largest absolute Gasteiger partial charge is 0.329 e. The molecular formula is C11H12ClN3O2S. The van der Waals surface area contributed by atoms with Gasteiger partial charge >= 0.3 is 0 Å². The smallest absolute Gasteiger partial charge is 0.257 e. The van der Waals surface area contributed by atoms with Crippen molar-refractivity contribution >= 4 is 21.6 Å². The van der Waals surface area contributed by atoms with Crippen molar-refractivity contribution in [3.05, 3.63) is 46.9 Å². The van der Waals surface area contributed by atoms with Gasteiger partial charge in [0.2, 0.25) is 0 Å². The molecule has 2 aromatic rings. The third-order valence-electron chi connectivity index (χ3n) is 2.49. The molecule has 2 N–H and O–H groups in total. The first-order valence-corrected chi connectivity index (χ1v) is 7.10. The van der Waals surface area contributed by atoms with Gasteiger partial charge < -0.3 is 4.57 Å². The van der Waals surface area contributed by atoms with E-state index in [0.29, 0.717) is 17.4 Å². The fourth-order valence-corrected chi connectivity index (χ4v) is 2.35.